The lowest BCUT2D eigenvalue weighted by molar-refractivity contribution is -0.121. The molecule has 0 aromatic heterocycles. The number of carbonyl (C=O) groups excluding carboxylic acids is 3. The molecule has 2 aliphatic rings. The van der Waals surface area contributed by atoms with E-state index < -0.39 is 0 Å². The zero-order valence-corrected chi connectivity index (χ0v) is 16.7. The Morgan fingerprint density at radius 1 is 1.21 bits per heavy atom. The highest BCUT2D eigenvalue weighted by atomic mass is 35.5. The maximum absolute atomic E-state index is 12.4. The summed E-state index contributed by atoms with van der Waals surface area (Å²) in [7, 11) is 0. The van der Waals surface area contributed by atoms with E-state index in [0.717, 1.165) is 17.7 Å². The first-order valence-corrected chi connectivity index (χ1v) is 10.2. The molecule has 2 aromatic rings. The predicted molar refractivity (Wildman–Crippen MR) is 113 cm³/mol. The van der Waals surface area contributed by atoms with Gasteiger partial charge in [-0.05, 0) is 49.1 Å². The Labute approximate surface area is 174 Å². The maximum atomic E-state index is 12.4. The number of rotatable bonds is 5. The first-order chi connectivity index (χ1) is 14.0. The molecule has 4 rings (SSSR count). The molecule has 0 radical (unpaired) electrons. The van der Waals surface area contributed by atoms with Gasteiger partial charge >= 0.3 is 0 Å². The maximum Gasteiger partial charge on any atom is 0.227 e. The van der Waals surface area contributed by atoms with Crippen LogP contribution in [-0.2, 0) is 20.8 Å². The molecule has 1 atom stereocenters. The molecule has 0 bridgehead atoms. The van der Waals surface area contributed by atoms with E-state index in [1.165, 1.54) is 0 Å². The number of halogens is 1. The van der Waals surface area contributed by atoms with Crippen molar-refractivity contribution in [3.8, 4) is 0 Å². The zero-order chi connectivity index (χ0) is 20.4. The van der Waals surface area contributed by atoms with Crippen molar-refractivity contribution in [1.82, 2.24) is 0 Å². The van der Waals surface area contributed by atoms with Crippen LogP contribution in [0.2, 0.25) is 5.02 Å². The highest BCUT2D eigenvalue weighted by Crippen LogP contribution is 2.32. The van der Waals surface area contributed by atoms with Gasteiger partial charge in [-0.25, -0.2) is 0 Å². The normalized spacial score (nSPS) is 18.4. The van der Waals surface area contributed by atoms with Crippen LogP contribution in [0.1, 0.15) is 31.2 Å². The second-order valence-electron chi connectivity index (χ2n) is 7.45. The average molecular weight is 412 g/mol. The molecule has 2 aliphatic heterocycles. The summed E-state index contributed by atoms with van der Waals surface area (Å²) in [6, 6.07) is 12.9. The largest absolute Gasteiger partial charge is 0.326 e. The summed E-state index contributed by atoms with van der Waals surface area (Å²) in [6.07, 6.45) is 2.71. The minimum Gasteiger partial charge on any atom is -0.326 e. The zero-order valence-electron chi connectivity index (χ0n) is 15.9. The third kappa shape index (κ3) is 4.27. The molecular formula is C22H22ClN3O3. The van der Waals surface area contributed by atoms with Gasteiger partial charge in [0, 0.05) is 36.7 Å². The molecule has 2 aromatic carbocycles. The van der Waals surface area contributed by atoms with E-state index in [2.05, 4.69) is 10.6 Å². The third-order valence-electron chi connectivity index (χ3n) is 5.43. The smallest absolute Gasteiger partial charge is 0.227 e. The Kier molecular flexibility index (Phi) is 5.53. The van der Waals surface area contributed by atoms with Crippen LogP contribution in [0.15, 0.2) is 42.5 Å². The topological polar surface area (TPSA) is 78.5 Å². The van der Waals surface area contributed by atoms with E-state index in [-0.39, 0.29) is 30.1 Å². The van der Waals surface area contributed by atoms with Crippen LogP contribution >= 0.6 is 11.6 Å². The standard InChI is InChI=1S/C22H22ClN3O3/c23-17-13-16(8-9-19(17)26-11-3-6-21(26)28)24-20(27)10-7-15-12-14-4-1-2-5-18(14)25-22(15)29/h1-2,4-5,8-9,13,15H,3,6-7,10-12H2,(H,24,27)(H,25,29)/t15-/m0/s1. The van der Waals surface area contributed by atoms with Crippen molar-refractivity contribution in [3.05, 3.63) is 53.1 Å². The number of nitrogens with zero attached hydrogens (tertiary/aromatic N) is 1. The van der Waals surface area contributed by atoms with Crippen molar-refractivity contribution in [1.29, 1.82) is 0 Å². The number of benzene rings is 2. The van der Waals surface area contributed by atoms with Crippen LogP contribution in [0.3, 0.4) is 0 Å². The Bertz CT molecular complexity index is 976. The van der Waals surface area contributed by atoms with Gasteiger partial charge in [0.05, 0.1) is 10.7 Å². The molecule has 0 saturated carbocycles. The van der Waals surface area contributed by atoms with Gasteiger partial charge in [-0.15, -0.1) is 0 Å². The van der Waals surface area contributed by atoms with Crippen molar-refractivity contribution < 1.29 is 14.4 Å². The molecular weight excluding hydrogens is 390 g/mol. The summed E-state index contributed by atoms with van der Waals surface area (Å²) in [4.78, 5) is 38.2. The summed E-state index contributed by atoms with van der Waals surface area (Å²) >= 11 is 6.33. The van der Waals surface area contributed by atoms with Crippen molar-refractivity contribution in [2.75, 3.05) is 22.1 Å². The summed E-state index contributed by atoms with van der Waals surface area (Å²) in [5.41, 5.74) is 3.19. The minimum absolute atomic E-state index is 0.0424. The molecule has 6 nitrogen and oxygen atoms in total. The highest BCUT2D eigenvalue weighted by molar-refractivity contribution is 6.34. The number of amides is 3. The van der Waals surface area contributed by atoms with Gasteiger partial charge in [-0.1, -0.05) is 29.8 Å². The van der Waals surface area contributed by atoms with E-state index in [0.29, 0.717) is 42.2 Å². The lowest BCUT2D eigenvalue weighted by Gasteiger charge is -2.24. The fourth-order valence-electron chi connectivity index (χ4n) is 3.88. The fraction of sp³-hybridized carbons (Fsp3) is 0.318. The Morgan fingerprint density at radius 2 is 2.03 bits per heavy atom. The third-order valence-corrected chi connectivity index (χ3v) is 5.73. The van der Waals surface area contributed by atoms with Crippen LogP contribution in [0.4, 0.5) is 17.1 Å². The number of para-hydroxylation sites is 1. The number of anilines is 3. The molecule has 7 heteroatoms. The summed E-state index contributed by atoms with van der Waals surface area (Å²) in [5.74, 6) is -0.365. The summed E-state index contributed by atoms with van der Waals surface area (Å²) in [6.45, 7) is 0.664. The van der Waals surface area contributed by atoms with Crippen molar-refractivity contribution in [3.63, 3.8) is 0 Å². The van der Waals surface area contributed by atoms with Crippen LogP contribution in [-0.4, -0.2) is 24.3 Å². The lowest BCUT2D eigenvalue weighted by atomic mass is 9.89. The van der Waals surface area contributed by atoms with Crippen LogP contribution in [0, 0.1) is 5.92 Å². The molecule has 3 amide bonds. The number of hydrogen-bond donors (Lipinski definition) is 2. The first kappa shape index (κ1) is 19.5. The van der Waals surface area contributed by atoms with Crippen molar-refractivity contribution in [2.24, 2.45) is 5.92 Å². The monoisotopic (exact) mass is 411 g/mol. The molecule has 0 spiro atoms. The molecule has 0 unspecified atom stereocenters. The molecule has 2 N–H and O–H groups in total. The van der Waals surface area contributed by atoms with E-state index in [9.17, 15) is 14.4 Å². The molecule has 1 saturated heterocycles. The molecule has 29 heavy (non-hydrogen) atoms. The molecule has 150 valence electrons. The van der Waals surface area contributed by atoms with Gasteiger partial charge in [-0.3, -0.25) is 14.4 Å². The Hall–Kier alpha value is -2.86. The van der Waals surface area contributed by atoms with Crippen LogP contribution in [0.5, 0.6) is 0 Å². The molecule has 2 heterocycles. The number of hydrogen-bond acceptors (Lipinski definition) is 3. The average Bonchev–Trinajstić information content (AvgIpc) is 3.12. The SMILES string of the molecule is O=C(CC[C@H]1Cc2ccccc2NC1=O)Nc1ccc(N2CCCC2=O)c(Cl)c1. The Balaban J connectivity index is 1.34. The van der Waals surface area contributed by atoms with E-state index in [1.807, 2.05) is 24.3 Å². The first-order valence-electron chi connectivity index (χ1n) is 9.80. The fourth-order valence-corrected chi connectivity index (χ4v) is 4.16. The van der Waals surface area contributed by atoms with Crippen molar-refractivity contribution in [2.45, 2.75) is 32.1 Å². The van der Waals surface area contributed by atoms with Gasteiger partial charge < -0.3 is 15.5 Å². The van der Waals surface area contributed by atoms with Crippen LogP contribution in [0.25, 0.3) is 0 Å². The summed E-state index contributed by atoms with van der Waals surface area (Å²) in [5, 5.41) is 6.17. The lowest BCUT2D eigenvalue weighted by Crippen LogP contribution is -2.30. The Morgan fingerprint density at radius 3 is 2.79 bits per heavy atom. The molecule has 1 fully saturated rings. The van der Waals surface area contributed by atoms with Gasteiger partial charge in [-0.2, -0.15) is 0 Å². The van der Waals surface area contributed by atoms with E-state index >= 15 is 0 Å². The van der Waals surface area contributed by atoms with Gasteiger partial charge in [0.1, 0.15) is 0 Å². The minimum atomic E-state index is -0.220. The van der Waals surface area contributed by atoms with Gasteiger partial charge in [0.2, 0.25) is 17.7 Å². The second-order valence-corrected chi connectivity index (χ2v) is 7.86. The number of fused-ring (bicyclic) bond motifs is 1. The summed E-state index contributed by atoms with van der Waals surface area (Å²) < 4.78 is 0. The van der Waals surface area contributed by atoms with E-state index in [4.69, 9.17) is 11.6 Å². The van der Waals surface area contributed by atoms with Gasteiger partial charge in [0.25, 0.3) is 0 Å². The van der Waals surface area contributed by atoms with Crippen LogP contribution < -0.4 is 15.5 Å². The van der Waals surface area contributed by atoms with Crippen molar-refractivity contribution >= 4 is 46.4 Å². The van der Waals surface area contributed by atoms with E-state index in [1.54, 1.807) is 23.1 Å². The number of nitrogens with one attached hydrogen (secondary N) is 2. The highest BCUT2D eigenvalue weighted by Gasteiger charge is 2.26. The molecule has 0 aliphatic carbocycles. The quantitative estimate of drug-likeness (QED) is 0.780. The second kappa shape index (κ2) is 8.25. The number of carbonyl (C=O) groups is 3. The van der Waals surface area contributed by atoms with Gasteiger partial charge in [0.15, 0.2) is 0 Å². The predicted octanol–water partition coefficient (Wildman–Crippen LogP) is 4.00.